The summed E-state index contributed by atoms with van der Waals surface area (Å²) in [5.41, 5.74) is 0. The Labute approximate surface area is 78.3 Å². The van der Waals surface area contributed by atoms with Gasteiger partial charge in [-0.25, -0.2) is 9.18 Å². The van der Waals surface area contributed by atoms with Gasteiger partial charge >= 0.3 is 18.6 Å². The lowest BCUT2D eigenvalue weighted by Crippen LogP contribution is -2.17. The molecule has 15 heavy (non-hydrogen) atoms. The van der Waals surface area contributed by atoms with E-state index in [2.05, 4.69) is 4.74 Å². The Kier molecular flexibility index (Phi) is 4.56. The third-order valence-corrected chi connectivity index (χ3v) is 1.01. The van der Waals surface area contributed by atoms with Gasteiger partial charge in [-0.05, 0) is 0 Å². The van der Waals surface area contributed by atoms with E-state index in [4.69, 9.17) is 0 Å². The number of carbonyl (C=O) groups excluding carboxylic acids is 1. The first-order valence-electron chi connectivity index (χ1n) is 3.22. The monoisotopic (exact) mass is 240 g/mol. The van der Waals surface area contributed by atoms with E-state index in [1.165, 1.54) is 0 Å². The van der Waals surface area contributed by atoms with Crippen LogP contribution >= 0.6 is 0 Å². The Morgan fingerprint density at radius 1 is 1.20 bits per heavy atom. The van der Waals surface area contributed by atoms with Crippen LogP contribution in [0.5, 0.6) is 0 Å². The standard InChI is InChI=1S/C6H3F7O2/c7-2(3(8)6(11,12)13)1-15-5(14)4(9)10/h4H,1H2/b3-2+. The maximum atomic E-state index is 12.2. The molecule has 2 nitrogen and oxygen atoms in total. The molecule has 0 N–H and O–H groups in total. The minimum absolute atomic E-state index is 1.82. The van der Waals surface area contributed by atoms with Gasteiger partial charge in [0, 0.05) is 0 Å². The number of allylic oxidation sites excluding steroid dienone is 1. The van der Waals surface area contributed by atoms with Crippen LogP contribution in [0.2, 0.25) is 0 Å². The van der Waals surface area contributed by atoms with Crippen LogP contribution in [0.15, 0.2) is 11.7 Å². The molecule has 88 valence electrons. The lowest BCUT2D eigenvalue weighted by Gasteiger charge is -2.05. The minimum atomic E-state index is -5.58. The highest BCUT2D eigenvalue weighted by atomic mass is 19.4. The molecule has 0 rings (SSSR count). The van der Waals surface area contributed by atoms with E-state index in [1.807, 2.05) is 0 Å². The maximum Gasteiger partial charge on any atom is 0.445 e. The van der Waals surface area contributed by atoms with Gasteiger partial charge in [0.15, 0.2) is 5.83 Å². The van der Waals surface area contributed by atoms with Gasteiger partial charge in [-0.3, -0.25) is 0 Å². The summed E-state index contributed by atoms with van der Waals surface area (Å²) in [4.78, 5) is 9.95. The number of alkyl halides is 5. The SMILES string of the molecule is O=C(OC/C(F)=C(\F)C(F)(F)F)C(F)F. The fraction of sp³-hybridized carbons (Fsp3) is 0.500. The third-order valence-electron chi connectivity index (χ3n) is 1.01. The third kappa shape index (κ3) is 4.66. The van der Waals surface area contributed by atoms with Gasteiger partial charge < -0.3 is 4.74 Å². The first-order chi connectivity index (χ1) is 6.66. The molecule has 0 aromatic carbocycles. The highest BCUT2D eigenvalue weighted by Crippen LogP contribution is 2.29. The Hall–Kier alpha value is -1.28. The second kappa shape index (κ2) is 4.99. The molecule has 0 fully saturated rings. The van der Waals surface area contributed by atoms with E-state index >= 15 is 0 Å². The fourth-order valence-corrected chi connectivity index (χ4v) is 0.415. The predicted octanol–water partition coefficient (Wildman–Crippen LogP) is 2.51. The van der Waals surface area contributed by atoms with Gasteiger partial charge in [-0.15, -0.1) is 0 Å². The molecule has 0 amide bonds. The average molecular weight is 240 g/mol. The molecule has 0 aliphatic carbocycles. The van der Waals surface area contributed by atoms with Crippen LogP contribution in [0.1, 0.15) is 0 Å². The van der Waals surface area contributed by atoms with Crippen LogP contribution in [-0.2, 0) is 9.53 Å². The highest BCUT2D eigenvalue weighted by Gasteiger charge is 2.38. The summed E-state index contributed by atoms with van der Waals surface area (Å²) in [6, 6.07) is 0. The van der Waals surface area contributed by atoms with Crippen molar-refractivity contribution < 1.29 is 40.3 Å². The van der Waals surface area contributed by atoms with Crippen molar-refractivity contribution in [3.05, 3.63) is 11.7 Å². The summed E-state index contributed by atoms with van der Waals surface area (Å²) < 4.78 is 84.5. The molecule has 0 saturated carbocycles. The van der Waals surface area contributed by atoms with Gasteiger partial charge in [0.2, 0.25) is 5.83 Å². The molecule has 0 unspecified atom stereocenters. The molecule has 0 aromatic rings. The fourth-order valence-electron chi connectivity index (χ4n) is 0.415. The van der Waals surface area contributed by atoms with Crippen molar-refractivity contribution in [2.24, 2.45) is 0 Å². The molecule has 0 radical (unpaired) electrons. The van der Waals surface area contributed by atoms with Crippen molar-refractivity contribution in [3.8, 4) is 0 Å². The molecule has 0 saturated heterocycles. The second-order valence-corrected chi connectivity index (χ2v) is 2.13. The van der Waals surface area contributed by atoms with Gasteiger partial charge in [0.25, 0.3) is 0 Å². The predicted molar refractivity (Wildman–Crippen MR) is 32.3 cm³/mol. The zero-order valence-corrected chi connectivity index (χ0v) is 6.75. The van der Waals surface area contributed by atoms with Gasteiger partial charge in [-0.2, -0.15) is 26.3 Å². The Morgan fingerprint density at radius 3 is 2.00 bits per heavy atom. The molecule has 0 atom stereocenters. The quantitative estimate of drug-likeness (QED) is 0.559. The van der Waals surface area contributed by atoms with Crippen LogP contribution in [-0.4, -0.2) is 25.2 Å². The smallest absolute Gasteiger partial charge is 0.445 e. The lowest BCUT2D eigenvalue weighted by atomic mass is 10.4. The van der Waals surface area contributed by atoms with Crippen molar-refractivity contribution in [2.75, 3.05) is 6.61 Å². The molecule has 0 bridgehead atoms. The summed E-state index contributed by atoms with van der Waals surface area (Å²) in [6.45, 7) is -1.82. The van der Waals surface area contributed by atoms with E-state index < -0.39 is 36.8 Å². The molecule has 0 heterocycles. The number of halogens is 7. The number of carbonyl (C=O) groups is 1. The summed E-state index contributed by atoms with van der Waals surface area (Å²) in [5.74, 6) is -7.83. The van der Waals surface area contributed by atoms with Gasteiger partial charge in [0.05, 0.1) is 0 Å². The molecule has 0 aromatic heterocycles. The molecule has 9 heteroatoms. The van der Waals surface area contributed by atoms with E-state index in [0.717, 1.165) is 0 Å². The van der Waals surface area contributed by atoms with Gasteiger partial charge in [-0.1, -0.05) is 0 Å². The number of rotatable bonds is 3. The molecule has 0 aliphatic rings. The molecule has 0 aliphatic heterocycles. The molecular formula is C6H3F7O2. The van der Waals surface area contributed by atoms with Crippen LogP contribution in [0.3, 0.4) is 0 Å². The number of esters is 1. The van der Waals surface area contributed by atoms with E-state index in [1.54, 1.807) is 0 Å². The minimum Gasteiger partial charge on any atom is -0.454 e. The average Bonchev–Trinajstić information content (AvgIpc) is 2.10. The van der Waals surface area contributed by atoms with Crippen LogP contribution in [0.25, 0.3) is 0 Å². The van der Waals surface area contributed by atoms with Crippen molar-refractivity contribution >= 4 is 5.97 Å². The second-order valence-electron chi connectivity index (χ2n) is 2.13. The number of hydrogen-bond acceptors (Lipinski definition) is 2. The Balaban J connectivity index is 4.38. The van der Waals surface area contributed by atoms with Crippen molar-refractivity contribution in [1.82, 2.24) is 0 Å². The van der Waals surface area contributed by atoms with Crippen LogP contribution < -0.4 is 0 Å². The molecule has 0 spiro atoms. The maximum absolute atomic E-state index is 12.2. The van der Waals surface area contributed by atoms with Crippen molar-refractivity contribution in [3.63, 3.8) is 0 Å². The Morgan fingerprint density at radius 2 is 1.67 bits per heavy atom. The van der Waals surface area contributed by atoms with E-state index in [9.17, 15) is 35.5 Å². The number of ether oxygens (including phenoxy) is 1. The lowest BCUT2D eigenvalue weighted by molar-refractivity contribution is -0.156. The van der Waals surface area contributed by atoms with Crippen molar-refractivity contribution in [2.45, 2.75) is 12.6 Å². The van der Waals surface area contributed by atoms with Gasteiger partial charge in [0.1, 0.15) is 6.61 Å². The van der Waals surface area contributed by atoms with E-state index in [0.29, 0.717) is 0 Å². The summed E-state index contributed by atoms with van der Waals surface area (Å²) in [5, 5.41) is 0. The largest absolute Gasteiger partial charge is 0.454 e. The first-order valence-corrected chi connectivity index (χ1v) is 3.22. The summed E-state index contributed by atoms with van der Waals surface area (Å²) in [7, 11) is 0. The van der Waals surface area contributed by atoms with Crippen LogP contribution in [0, 0.1) is 0 Å². The summed E-state index contributed by atoms with van der Waals surface area (Å²) >= 11 is 0. The normalized spacial score (nSPS) is 13.9. The van der Waals surface area contributed by atoms with Crippen molar-refractivity contribution in [1.29, 1.82) is 0 Å². The zero-order chi connectivity index (χ0) is 12.2. The van der Waals surface area contributed by atoms with Crippen LogP contribution in [0.4, 0.5) is 30.7 Å². The van der Waals surface area contributed by atoms with E-state index in [-0.39, 0.29) is 0 Å². The molecular weight excluding hydrogens is 237 g/mol. The zero-order valence-electron chi connectivity index (χ0n) is 6.75. The first kappa shape index (κ1) is 13.7. The summed E-state index contributed by atoms with van der Waals surface area (Å²) in [6.07, 6.45) is -9.20. The Bertz CT molecular complexity index is 267. The highest BCUT2D eigenvalue weighted by molar-refractivity contribution is 5.72. The topological polar surface area (TPSA) is 26.3 Å². The number of hydrogen-bond donors (Lipinski definition) is 0.